The van der Waals surface area contributed by atoms with Crippen LogP contribution in [0.1, 0.15) is 0 Å². The monoisotopic (exact) mass is 182 g/mol. The van der Waals surface area contributed by atoms with Crippen LogP contribution in [0.2, 0.25) is 0 Å². The van der Waals surface area contributed by atoms with Gasteiger partial charge in [0.1, 0.15) is 5.75 Å². The molecule has 0 aliphatic heterocycles. The number of hydrogen-bond donors (Lipinski definition) is 1. The summed E-state index contributed by atoms with van der Waals surface area (Å²) in [5.41, 5.74) is 0. The zero-order valence-corrected chi connectivity index (χ0v) is 8.02. The van der Waals surface area contributed by atoms with Gasteiger partial charge in [0, 0.05) is 45.5 Å². The zero-order valence-electron chi connectivity index (χ0n) is 4.54. The maximum atomic E-state index is 8.63. The van der Waals surface area contributed by atoms with Gasteiger partial charge in [-0.1, -0.05) is 18.2 Å². The molecule has 0 atom stereocenters. The van der Waals surface area contributed by atoms with Crippen LogP contribution in [-0.2, 0) is 0 Å². The summed E-state index contributed by atoms with van der Waals surface area (Å²) in [5, 5.41) is 8.63. The van der Waals surface area contributed by atoms with Crippen molar-refractivity contribution >= 4 is 45.5 Å². The minimum atomic E-state index is 0. The van der Waals surface area contributed by atoms with Gasteiger partial charge in [0.25, 0.3) is 0 Å². The Morgan fingerprint density at radius 2 is 1.50 bits per heavy atom. The molecular weight excluding hydrogens is 176 g/mol. The molecule has 38 valence electrons. The molecule has 0 spiro atoms. The number of phenols is 1. The van der Waals surface area contributed by atoms with Crippen molar-refractivity contribution in [3.63, 3.8) is 0 Å². The fourth-order valence-corrected chi connectivity index (χ4v) is 0.428. The summed E-state index contributed by atoms with van der Waals surface area (Å²) in [4.78, 5) is 0. The maximum Gasteiger partial charge on any atom is 0.115 e. The van der Waals surface area contributed by atoms with Crippen molar-refractivity contribution in [1.82, 2.24) is 0 Å². The molecule has 0 aliphatic rings. The molecule has 2 radical (unpaired) electrons. The quantitative estimate of drug-likeness (QED) is 0.593. The van der Waals surface area contributed by atoms with Gasteiger partial charge in [-0.3, -0.25) is 0 Å². The van der Waals surface area contributed by atoms with Crippen LogP contribution in [-0.4, -0.2) is 50.6 Å². The van der Waals surface area contributed by atoms with Crippen LogP contribution in [0, 0.1) is 0 Å². The Balaban J connectivity index is 0.000000490. The van der Waals surface area contributed by atoms with Gasteiger partial charge in [-0.2, -0.15) is 0 Å². The molecule has 1 aromatic carbocycles. The molecule has 0 unspecified atom stereocenters. The second-order valence-electron chi connectivity index (χ2n) is 1.34. The van der Waals surface area contributed by atoms with E-state index in [-0.39, 0.29) is 45.5 Å². The summed E-state index contributed by atoms with van der Waals surface area (Å²) in [6.45, 7) is 0. The predicted octanol–water partition coefficient (Wildman–Crippen LogP) is 1.01. The second kappa shape index (κ2) is 4.39. The van der Waals surface area contributed by atoms with Gasteiger partial charge in [0.15, 0.2) is 0 Å². The van der Waals surface area contributed by atoms with Crippen molar-refractivity contribution in [2.75, 3.05) is 0 Å². The fraction of sp³-hybridized carbons (Fsp3) is 0. The SMILES string of the molecule is Oc1ccccc1.[Sr]. The first kappa shape index (κ1) is 8.50. The molecule has 0 heterocycles. The van der Waals surface area contributed by atoms with Gasteiger partial charge in [-0.05, 0) is 12.1 Å². The number of hydrogen-bond acceptors (Lipinski definition) is 1. The summed E-state index contributed by atoms with van der Waals surface area (Å²) >= 11 is 0. The van der Waals surface area contributed by atoms with Crippen LogP contribution in [0.25, 0.3) is 0 Å². The summed E-state index contributed by atoms with van der Waals surface area (Å²) in [5.74, 6) is 0.322. The van der Waals surface area contributed by atoms with E-state index in [2.05, 4.69) is 0 Å². The summed E-state index contributed by atoms with van der Waals surface area (Å²) in [6.07, 6.45) is 0. The molecule has 1 rings (SSSR count). The third-order valence-corrected chi connectivity index (χ3v) is 0.756. The van der Waals surface area contributed by atoms with E-state index in [9.17, 15) is 0 Å². The van der Waals surface area contributed by atoms with Gasteiger partial charge >= 0.3 is 0 Å². The molecule has 0 aliphatic carbocycles. The molecule has 1 nitrogen and oxygen atoms in total. The van der Waals surface area contributed by atoms with Crippen LogP contribution in [0.4, 0.5) is 0 Å². The van der Waals surface area contributed by atoms with E-state index in [0.29, 0.717) is 5.75 Å². The molecule has 0 aromatic heterocycles. The van der Waals surface area contributed by atoms with Crippen molar-refractivity contribution in [2.24, 2.45) is 0 Å². The molecule has 0 bridgehead atoms. The second-order valence-corrected chi connectivity index (χ2v) is 1.34. The first-order chi connectivity index (χ1) is 3.39. The predicted molar refractivity (Wildman–Crippen MR) is 33.9 cm³/mol. The van der Waals surface area contributed by atoms with E-state index in [1.54, 1.807) is 24.3 Å². The van der Waals surface area contributed by atoms with E-state index in [0.717, 1.165) is 0 Å². The summed E-state index contributed by atoms with van der Waals surface area (Å²) in [6, 6.07) is 8.71. The first-order valence-electron chi connectivity index (χ1n) is 2.13. The van der Waals surface area contributed by atoms with Crippen molar-refractivity contribution in [2.45, 2.75) is 0 Å². The van der Waals surface area contributed by atoms with Crippen LogP contribution in [0.15, 0.2) is 30.3 Å². The van der Waals surface area contributed by atoms with Crippen molar-refractivity contribution < 1.29 is 5.11 Å². The molecule has 0 amide bonds. The largest absolute Gasteiger partial charge is 0.508 e. The van der Waals surface area contributed by atoms with Crippen LogP contribution in [0.5, 0.6) is 5.75 Å². The summed E-state index contributed by atoms with van der Waals surface area (Å²) in [7, 11) is 0. The average Bonchev–Trinajstić information content (AvgIpc) is 1.69. The van der Waals surface area contributed by atoms with E-state index >= 15 is 0 Å². The Morgan fingerprint density at radius 1 is 1.00 bits per heavy atom. The van der Waals surface area contributed by atoms with E-state index in [1.165, 1.54) is 0 Å². The minimum Gasteiger partial charge on any atom is -0.508 e. The Bertz CT molecular complexity index is 138. The van der Waals surface area contributed by atoms with Gasteiger partial charge in [0.05, 0.1) is 0 Å². The fourth-order valence-electron chi connectivity index (χ4n) is 0.428. The van der Waals surface area contributed by atoms with Crippen molar-refractivity contribution in [3.8, 4) is 5.75 Å². The molecule has 8 heavy (non-hydrogen) atoms. The Morgan fingerprint density at radius 3 is 1.75 bits per heavy atom. The van der Waals surface area contributed by atoms with E-state index in [4.69, 9.17) is 5.11 Å². The molecular formula is C6H6OSr. The van der Waals surface area contributed by atoms with E-state index in [1.807, 2.05) is 6.07 Å². The Kier molecular flexibility index (Phi) is 4.66. The number of phenolic OH excluding ortho intramolecular Hbond substituents is 1. The summed E-state index contributed by atoms with van der Waals surface area (Å²) < 4.78 is 0. The van der Waals surface area contributed by atoms with Crippen LogP contribution >= 0.6 is 0 Å². The van der Waals surface area contributed by atoms with Gasteiger partial charge in [0.2, 0.25) is 0 Å². The van der Waals surface area contributed by atoms with Gasteiger partial charge in [-0.15, -0.1) is 0 Å². The average molecular weight is 182 g/mol. The van der Waals surface area contributed by atoms with Crippen molar-refractivity contribution in [1.29, 1.82) is 0 Å². The molecule has 0 saturated heterocycles. The van der Waals surface area contributed by atoms with E-state index < -0.39 is 0 Å². The number of rotatable bonds is 0. The van der Waals surface area contributed by atoms with Gasteiger partial charge in [-0.25, -0.2) is 0 Å². The maximum absolute atomic E-state index is 8.63. The molecule has 2 heteroatoms. The molecule has 1 aromatic rings. The number of benzene rings is 1. The molecule has 0 saturated carbocycles. The smallest absolute Gasteiger partial charge is 0.115 e. The Labute approximate surface area is 85.6 Å². The minimum absolute atomic E-state index is 0. The number of aromatic hydroxyl groups is 1. The zero-order chi connectivity index (χ0) is 5.11. The molecule has 1 N–H and O–H groups in total. The van der Waals surface area contributed by atoms with Crippen molar-refractivity contribution in [3.05, 3.63) is 30.3 Å². The van der Waals surface area contributed by atoms with Gasteiger partial charge < -0.3 is 5.11 Å². The first-order valence-corrected chi connectivity index (χ1v) is 2.13. The molecule has 0 fully saturated rings. The third-order valence-electron chi connectivity index (χ3n) is 0.756. The van der Waals surface area contributed by atoms with Crippen LogP contribution < -0.4 is 0 Å². The Hall–Kier alpha value is 0.501. The normalized spacial score (nSPS) is 7.50. The third kappa shape index (κ3) is 2.72. The van der Waals surface area contributed by atoms with Crippen LogP contribution in [0.3, 0.4) is 0 Å². The standard InChI is InChI=1S/C6H6O.Sr/c7-6-4-2-1-3-5-6;/h1-5,7H;. The topological polar surface area (TPSA) is 20.2 Å². The number of para-hydroxylation sites is 1.